The van der Waals surface area contributed by atoms with E-state index in [4.69, 9.17) is 5.11 Å². The van der Waals surface area contributed by atoms with Crippen LogP contribution in [0, 0.1) is 5.82 Å². The molecule has 1 heterocycles. The maximum Gasteiger partial charge on any atom is 0.416 e. The summed E-state index contributed by atoms with van der Waals surface area (Å²) in [7, 11) is 1.55. The molecule has 0 saturated heterocycles. The molecule has 1 aliphatic heterocycles. The quantitative estimate of drug-likeness (QED) is 0.523. The van der Waals surface area contributed by atoms with E-state index in [1.165, 1.54) is 58.3 Å². The first-order valence-electron chi connectivity index (χ1n) is 10.4. The molecular formula is C25H20F4N2O3. The molecule has 0 saturated carbocycles. The highest BCUT2D eigenvalue weighted by atomic mass is 19.4. The van der Waals surface area contributed by atoms with Gasteiger partial charge >= 0.3 is 12.1 Å². The normalized spacial score (nSPS) is 15.9. The van der Waals surface area contributed by atoms with Crippen molar-refractivity contribution in [2.45, 2.75) is 25.2 Å². The van der Waals surface area contributed by atoms with Gasteiger partial charge in [0.25, 0.3) is 0 Å². The number of para-hydroxylation sites is 1. The van der Waals surface area contributed by atoms with Crippen molar-refractivity contribution in [2.24, 2.45) is 0 Å². The first-order chi connectivity index (χ1) is 16.1. The Labute approximate surface area is 192 Å². The van der Waals surface area contributed by atoms with E-state index in [1.807, 2.05) is 0 Å². The number of amides is 1. The van der Waals surface area contributed by atoms with E-state index in [1.54, 1.807) is 19.2 Å². The second-order valence-electron chi connectivity index (χ2n) is 8.02. The summed E-state index contributed by atoms with van der Waals surface area (Å²) in [5.74, 6) is -2.18. The number of carboxylic acids is 1. The molecule has 3 aromatic carbocycles. The lowest BCUT2D eigenvalue weighted by atomic mass is 9.97. The predicted molar refractivity (Wildman–Crippen MR) is 118 cm³/mol. The number of benzene rings is 3. The Morgan fingerprint density at radius 2 is 1.68 bits per heavy atom. The third-order valence-corrected chi connectivity index (χ3v) is 5.91. The van der Waals surface area contributed by atoms with Gasteiger partial charge in [-0.3, -0.25) is 4.79 Å². The standard InChI is InChI=1S/C25H20F4N2O3/c1-30-21(13-15-9-11-16(12-10-15)24(33)34)23(32)31(20-8-4-7-19(26)22(20)30)14-17-5-2-3-6-18(17)25(27,28)29/h2-12,21H,13-14H2,1H3,(H,33,34). The fourth-order valence-corrected chi connectivity index (χ4v) is 4.19. The number of fused-ring (bicyclic) bond motifs is 1. The molecule has 1 amide bonds. The van der Waals surface area contributed by atoms with E-state index in [-0.39, 0.29) is 35.5 Å². The number of aromatic carboxylic acids is 1. The van der Waals surface area contributed by atoms with E-state index in [0.717, 1.165) is 6.07 Å². The summed E-state index contributed by atoms with van der Waals surface area (Å²) < 4.78 is 55.5. The van der Waals surface area contributed by atoms with Gasteiger partial charge in [-0.25, -0.2) is 9.18 Å². The molecule has 1 N–H and O–H groups in total. The van der Waals surface area contributed by atoms with Crippen LogP contribution in [0.2, 0.25) is 0 Å². The van der Waals surface area contributed by atoms with Crippen molar-refractivity contribution >= 4 is 23.3 Å². The van der Waals surface area contributed by atoms with Crippen molar-refractivity contribution < 1.29 is 32.3 Å². The zero-order valence-corrected chi connectivity index (χ0v) is 18.0. The minimum Gasteiger partial charge on any atom is -0.478 e. The monoisotopic (exact) mass is 472 g/mol. The summed E-state index contributed by atoms with van der Waals surface area (Å²) in [6.07, 6.45) is -4.50. The van der Waals surface area contributed by atoms with Gasteiger partial charge in [0.05, 0.1) is 29.0 Å². The van der Waals surface area contributed by atoms with Gasteiger partial charge < -0.3 is 14.9 Å². The number of rotatable bonds is 5. The minimum absolute atomic E-state index is 0.0776. The third-order valence-electron chi connectivity index (χ3n) is 5.91. The Hall–Kier alpha value is -3.88. The molecule has 0 spiro atoms. The van der Waals surface area contributed by atoms with Crippen LogP contribution in [0.25, 0.3) is 0 Å². The van der Waals surface area contributed by atoms with Crippen molar-refractivity contribution in [1.82, 2.24) is 0 Å². The molecule has 0 fully saturated rings. The molecule has 0 radical (unpaired) electrons. The molecule has 0 aliphatic carbocycles. The maximum atomic E-state index is 14.9. The van der Waals surface area contributed by atoms with E-state index in [2.05, 4.69) is 0 Å². The highest BCUT2D eigenvalue weighted by molar-refractivity contribution is 6.05. The van der Waals surface area contributed by atoms with E-state index in [9.17, 15) is 27.2 Å². The van der Waals surface area contributed by atoms with Crippen LogP contribution in [0.1, 0.15) is 27.0 Å². The van der Waals surface area contributed by atoms with Crippen LogP contribution in [0.4, 0.5) is 28.9 Å². The van der Waals surface area contributed by atoms with Crippen molar-refractivity contribution in [3.8, 4) is 0 Å². The summed E-state index contributed by atoms with van der Waals surface area (Å²) in [6.45, 7) is -0.382. The highest BCUT2D eigenvalue weighted by Gasteiger charge is 2.40. The van der Waals surface area contributed by atoms with Crippen LogP contribution < -0.4 is 9.80 Å². The molecular weight excluding hydrogens is 452 g/mol. The van der Waals surface area contributed by atoms with Gasteiger partial charge in [-0.05, 0) is 41.5 Å². The number of hydrogen-bond acceptors (Lipinski definition) is 3. The van der Waals surface area contributed by atoms with Gasteiger partial charge in [-0.2, -0.15) is 13.2 Å². The number of alkyl halides is 3. The fraction of sp³-hybridized carbons (Fsp3) is 0.200. The number of carbonyl (C=O) groups is 2. The molecule has 176 valence electrons. The number of nitrogens with zero attached hydrogens (tertiary/aromatic N) is 2. The largest absolute Gasteiger partial charge is 0.478 e. The van der Waals surface area contributed by atoms with Crippen molar-refractivity contribution in [2.75, 3.05) is 16.8 Å². The van der Waals surface area contributed by atoms with Crippen LogP contribution in [0.15, 0.2) is 66.7 Å². The van der Waals surface area contributed by atoms with Crippen LogP contribution in [-0.2, 0) is 23.9 Å². The lowest BCUT2D eigenvalue weighted by Crippen LogP contribution is -2.53. The van der Waals surface area contributed by atoms with Gasteiger partial charge in [0.2, 0.25) is 5.91 Å². The first kappa shape index (κ1) is 23.3. The number of hydrogen-bond donors (Lipinski definition) is 1. The zero-order valence-electron chi connectivity index (χ0n) is 18.0. The van der Waals surface area contributed by atoms with Crippen molar-refractivity contribution in [1.29, 1.82) is 0 Å². The highest BCUT2D eigenvalue weighted by Crippen LogP contribution is 2.40. The molecule has 1 unspecified atom stereocenters. The van der Waals surface area contributed by atoms with Gasteiger partial charge in [-0.1, -0.05) is 36.4 Å². The molecule has 5 nitrogen and oxygen atoms in total. The van der Waals surface area contributed by atoms with Gasteiger partial charge in [-0.15, -0.1) is 0 Å². The number of carbonyl (C=O) groups excluding carboxylic acids is 1. The molecule has 3 aromatic rings. The third kappa shape index (κ3) is 4.33. The Bertz CT molecular complexity index is 1240. The average molecular weight is 472 g/mol. The SMILES string of the molecule is CN1c2c(F)cccc2N(Cc2ccccc2C(F)(F)F)C(=O)C1Cc1ccc(C(=O)O)cc1. The summed E-state index contributed by atoms with van der Waals surface area (Å²) in [4.78, 5) is 27.3. The molecule has 4 rings (SSSR count). The Morgan fingerprint density at radius 3 is 2.32 bits per heavy atom. The van der Waals surface area contributed by atoms with Gasteiger partial charge in [0.15, 0.2) is 0 Å². The van der Waals surface area contributed by atoms with Crippen molar-refractivity contribution in [3.63, 3.8) is 0 Å². The molecule has 1 aliphatic rings. The Morgan fingerprint density at radius 1 is 1.00 bits per heavy atom. The summed E-state index contributed by atoms with van der Waals surface area (Å²) in [5, 5.41) is 9.08. The number of halogens is 4. The van der Waals surface area contributed by atoms with E-state index >= 15 is 0 Å². The predicted octanol–water partition coefficient (Wildman–Crippen LogP) is 5.14. The second kappa shape index (κ2) is 8.81. The lowest BCUT2D eigenvalue weighted by molar-refractivity contribution is -0.138. The Kier molecular flexibility index (Phi) is 6.03. The van der Waals surface area contributed by atoms with Crippen LogP contribution in [0.3, 0.4) is 0 Å². The van der Waals surface area contributed by atoms with Crippen LogP contribution in [-0.4, -0.2) is 30.1 Å². The van der Waals surface area contributed by atoms with Crippen LogP contribution in [0.5, 0.6) is 0 Å². The summed E-state index contributed by atoms with van der Waals surface area (Å²) >= 11 is 0. The first-order valence-corrected chi connectivity index (χ1v) is 10.4. The maximum absolute atomic E-state index is 14.9. The molecule has 1 atom stereocenters. The molecule has 0 bridgehead atoms. The zero-order chi connectivity index (χ0) is 24.6. The number of anilines is 2. The minimum atomic E-state index is -4.61. The Balaban J connectivity index is 1.74. The van der Waals surface area contributed by atoms with Crippen LogP contribution >= 0.6 is 0 Å². The summed E-state index contributed by atoms with van der Waals surface area (Å²) in [5.41, 5.74) is 0.0355. The van der Waals surface area contributed by atoms with Gasteiger partial charge in [0.1, 0.15) is 11.9 Å². The topological polar surface area (TPSA) is 60.9 Å². The second-order valence-corrected chi connectivity index (χ2v) is 8.02. The average Bonchev–Trinajstić information content (AvgIpc) is 2.79. The molecule has 0 aromatic heterocycles. The fourth-order valence-electron chi connectivity index (χ4n) is 4.19. The molecule has 9 heteroatoms. The molecule has 34 heavy (non-hydrogen) atoms. The van der Waals surface area contributed by atoms with Gasteiger partial charge in [0, 0.05) is 13.5 Å². The van der Waals surface area contributed by atoms with E-state index in [0.29, 0.717) is 5.56 Å². The number of carboxylic acid groups (broad SMARTS) is 1. The lowest BCUT2D eigenvalue weighted by Gasteiger charge is -2.41. The van der Waals surface area contributed by atoms with E-state index < -0.39 is 35.5 Å². The smallest absolute Gasteiger partial charge is 0.416 e. The summed E-state index contributed by atoms with van der Waals surface area (Å²) in [6, 6.07) is 14.1. The number of likely N-dealkylation sites (N-methyl/N-ethyl adjacent to an activating group) is 1. The van der Waals surface area contributed by atoms with Crippen molar-refractivity contribution in [3.05, 3.63) is 94.8 Å².